The standard InChI is InChI=1S/C29H39N3O5/c1-5-7-24(33)20-8-10-21(11-9-20)27(35)37-19-28(3,4)18-32-23-16-29(12-14-36-15-13-29)17-30-26(34)25(23)22(6-2)31-32/h8-11H,5-7,12-19H2,1-4H3,(H,30,34). The third kappa shape index (κ3) is 6.12. The predicted molar refractivity (Wildman–Crippen MR) is 140 cm³/mol. The van der Waals surface area contributed by atoms with Crippen LogP contribution in [-0.4, -0.2) is 53.8 Å². The Labute approximate surface area is 219 Å². The summed E-state index contributed by atoms with van der Waals surface area (Å²) in [6.45, 7) is 10.8. The number of fused-ring (bicyclic) bond motifs is 1. The minimum atomic E-state index is -0.420. The van der Waals surface area contributed by atoms with Crippen molar-refractivity contribution in [1.29, 1.82) is 0 Å². The van der Waals surface area contributed by atoms with Crippen LogP contribution in [0.25, 0.3) is 0 Å². The van der Waals surface area contributed by atoms with E-state index in [-0.39, 0.29) is 23.7 Å². The Kier molecular flexibility index (Phi) is 8.17. The number of aryl methyl sites for hydroxylation is 1. The molecule has 1 spiro atoms. The third-order valence-corrected chi connectivity index (χ3v) is 7.50. The van der Waals surface area contributed by atoms with Crippen molar-refractivity contribution in [3.63, 3.8) is 0 Å². The highest BCUT2D eigenvalue weighted by molar-refractivity contribution is 5.98. The summed E-state index contributed by atoms with van der Waals surface area (Å²) in [5, 5.41) is 7.99. The van der Waals surface area contributed by atoms with Gasteiger partial charge in [-0.25, -0.2) is 4.79 Å². The minimum Gasteiger partial charge on any atom is -0.461 e. The van der Waals surface area contributed by atoms with Crippen LogP contribution in [0.3, 0.4) is 0 Å². The van der Waals surface area contributed by atoms with E-state index >= 15 is 0 Å². The van der Waals surface area contributed by atoms with Gasteiger partial charge in [-0.3, -0.25) is 14.3 Å². The van der Waals surface area contributed by atoms with Gasteiger partial charge in [0.2, 0.25) is 0 Å². The van der Waals surface area contributed by atoms with E-state index in [1.165, 1.54) is 0 Å². The SMILES string of the molecule is CCCC(=O)c1ccc(C(=O)OCC(C)(C)Cn2nc(CC)c3c2CC2(CCOCC2)CNC3=O)cc1. The normalized spacial score (nSPS) is 17.1. The number of esters is 1. The fraction of sp³-hybridized carbons (Fsp3) is 0.586. The zero-order valence-corrected chi connectivity index (χ0v) is 22.5. The molecular weight excluding hydrogens is 470 g/mol. The van der Waals surface area contributed by atoms with Crippen LogP contribution in [0.5, 0.6) is 0 Å². The van der Waals surface area contributed by atoms with Crippen molar-refractivity contribution in [3.8, 4) is 0 Å². The number of ketones is 1. The molecule has 4 rings (SSSR count). The lowest BCUT2D eigenvalue weighted by Gasteiger charge is -2.36. The van der Waals surface area contributed by atoms with Gasteiger partial charge in [0.05, 0.1) is 29.1 Å². The van der Waals surface area contributed by atoms with Gasteiger partial charge in [-0.1, -0.05) is 39.8 Å². The van der Waals surface area contributed by atoms with E-state index in [1.807, 2.05) is 32.4 Å². The first-order chi connectivity index (χ1) is 17.7. The summed E-state index contributed by atoms with van der Waals surface area (Å²) in [7, 11) is 0. The summed E-state index contributed by atoms with van der Waals surface area (Å²) >= 11 is 0. The van der Waals surface area contributed by atoms with Gasteiger partial charge in [-0.2, -0.15) is 5.10 Å². The number of benzene rings is 1. The molecule has 1 amide bonds. The number of amides is 1. The van der Waals surface area contributed by atoms with E-state index in [0.29, 0.717) is 55.8 Å². The number of ether oxygens (including phenoxy) is 2. The van der Waals surface area contributed by atoms with Gasteiger partial charge in [0, 0.05) is 43.7 Å². The van der Waals surface area contributed by atoms with E-state index in [1.54, 1.807) is 24.3 Å². The Balaban J connectivity index is 1.47. The summed E-state index contributed by atoms with van der Waals surface area (Å²) in [4.78, 5) is 37.9. The number of hydrogen-bond acceptors (Lipinski definition) is 6. The van der Waals surface area contributed by atoms with Crippen LogP contribution in [0, 0.1) is 10.8 Å². The number of aromatic nitrogens is 2. The molecule has 0 saturated carbocycles. The van der Waals surface area contributed by atoms with E-state index < -0.39 is 11.4 Å². The second kappa shape index (κ2) is 11.2. The molecule has 0 radical (unpaired) electrons. The Hall–Kier alpha value is -3.00. The molecule has 8 heteroatoms. The van der Waals surface area contributed by atoms with Crippen molar-refractivity contribution in [3.05, 3.63) is 52.3 Å². The Morgan fingerprint density at radius 2 is 1.81 bits per heavy atom. The fourth-order valence-electron chi connectivity index (χ4n) is 5.26. The zero-order valence-electron chi connectivity index (χ0n) is 22.5. The van der Waals surface area contributed by atoms with Gasteiger partial charge in [-0.05, 0) is 49.7 Å². The molecule has 0 unspecified atom stereocenters. The molecule has 2 aromatic rings. The van der Waals surface area contributed by atoms with Crippen molar-refractivity contribution in [2.75, 3.05) is 26.4 Å². The van der Waals surface area contributed by atoms with Gasteiger partial charge >= 0.3 is 5.97 Å². The molecule has 1 aromatic carbocycles. The zero-order chi connectivity index (χ0) is 26.6. The van der Waals surface area contributed by atoms with Crippen LogP contribution >= 0.6 is 0 Å². The topological polar surface area (TPSA) is 99.5 Å². The monoisotopic (exact) mass is 509 g/mol. The van der Waals surface area contributed by atoms with Crippen LogP contribution in [-0.2, 0) is 28.9 Å². The van der Waals surface area contributed by atoms with Gasteiger partial charge in [0.1, 0.15) is 0 Å². The molecule has 2 aliphatic rings. The van der Waals surface area contributed by atoms with E-state index in [0.717, 1.165) is 37.1 Å². The summed E-state index contributed by atoms with van der Waals surface area (Å²) in [6, 6.07) is 6.65. The molecule has 0 atom stereocenters. The summed E-state index contributed by atoms with van der Waals surface area (Å²) in [5.41, 5.74) is 3.07. The Morgan fingerprint density at radius 3 is 2.46 bits per heavy atom. The Bertz CT molecular complexity index is 1140. The second-order valence-electron chi connectivity index (χ2n) is 11.2. The number of Topliss-reactive ketones (excluding diaryl/α,β-unsaturated/α-hetero) is 1. The number of nitrogens with zero attached hydrogens (tertiary/aromatic N) is 2. The summed E-state index contributed by atoms with van der Waals surface area (Å²) in [5.74, 6) is -0.396. The molecule has 0 bridgehead atoms. The average molecular weight is 510 g/mol. The van der Waals surface area contributed by atoms with Crippen LogP contribution in [0.4, 0.5) is 0 Å². The van der Waals surface area contributed by atoms with Crippen LogP contribution in [0.1, 0.15) is 95.8 Å². The van der Waals surface area contributed by atoms with Crippen molar-refractivity contribution in [2.24, 2.45) is 10.8 Å². The third-order valence-electron chi connectivity index (χ3n) is 7.50. The lowest BCUT2D eigenvalue weighted by Crippen LogP contribution is -2.41. The van der Waals surface area contributed by atoms with E-state index in [9.17, 15) is 14.4 Å². The first-order valence-electron chi connectivity index (χ1n) is 13.4. The molecule has 200 valence electrons. The Morgan fingerprint density at radius 1 is 1.14 bits per heavy atom. The number of carbonyl (C=O) groups is 3. The highest BCUT2D eigenvalue weighted by atomic mass is 16.5. The van der Waals surface area contributed by atoms with Crippen LogP contribution < -0.4 is 5.32 Å². The molecule has 8 nitrogen and oxygen atoms in total. The van der Waals surface area contributed by atoms with E-state index in [4.69, 9.17) is 14.6 Å². The lowest BCUT2D eigenvalue weighted by atomic mass is 9.76. The van der Waals surface area contributed by atoms with Crippen LogP contribution in [0.2, 0.25) is 0 Å². The molecule has 1 fully saturated rings. The largest absolute Gasteiger partial charge is 0.461 e. The molecular formula is C29H39N3O5. The summed E-state index contributed by atoms with van der Waals surface area (Å²) in [6.07, 6.45) is 4.54. The first-order valence-corrected chi connectivity index (χ1v) is 13.4. The van der Waals surface area contributed by atoms with Crippen molar-refractivity contribution in [1.82, 2.24) is 15.1 Å². The molecule has 37 heavy (non-hydrogen) atoms. The highest BCUT2D eigenvalue weighted by Gasteiger charge is 2.40. The maximum Gasteiger partial charge on any atom is 0.338 e. The van der Waals surface area contributed by atoms with Gasteiger partial charge < -0.3 is 14.8 Å². The van der Waals surface area contributed by atoms with Crippen LogP contribution in [0.15, 0.2) is 24.3 Å². The summed E-state index contributed by atoms with van der Waals surface area (Å²) < 4.78 is 13.3. The molecule has 1 N–H and O–H groups in total. The van der Waals surface area contributed by atoms with Gasteiger partial charge in [-0.15, -0.1) is 0 Å². The lowest BCUT2D eigenvalue weighted by molar-refractivity contribution is 0.0145. The number of rotatable bonds is 9. The first kappa shape index (κ1) is 27.0. The van der Waals surface area contributed by atoms with Gasteiger partial charge in [0.25, 0.3) is 5.91 Å². The smallest absolute Gasteiger partial charge is 0.338 e. The fourth-order valence-corrected chi connectivity index (χ4v) is 5.26. The molecule has 3 heterocycles. The predicted octanol–water partition coefficient (Wildman–Crippen LogP) is 4.39. The molecule has 0 aliphatic carbocycles. The molecule has 1 saturated heterocycles. The van der Waals surface area contributed by atoms with Gasteiger partial charge in [0.15, 0.2) is 5.78 Å². The van der Waals surface area contributed by atoms with Crippen molar-refractivity contribution < 1.29 is 23.9 Å². The molecule has 1 aromatic heterocycles. The van der Waals surface area contributed by atoms with Crippen molar-refractivity contribution >= 4 is 17.7 Å². The highest BCUT2D eigenvalue weighted by Crippen LogP contribution is 2.38. The quantitative estimate of drug-likeness (QED) is 0.397. The molecule has 2 aliphatic heterocycles. The van der Waals surface area contributed by atoms with Crippen molar-refractivity contribution in [2.45, 2.75) is 72.8 Å². The maximum absolute atomic E-state index is 13.1. The average Bonchev–Trinajstić information content (AvgIpc) is 3.15. The number of nitrogens with one attached hydrogen (secondary N) is 1. The minimum absolute atomic E-state index is 0.0246. The number of hydrogen-bond donors (Lipinski definition) is 1. The number of carbonyl (C=O) groups excluding carboxylic acids is 3. The van der Waals surface area contributed by atoms with E-state index in [2.05, 4.69) is 5.32 Å². The second-order valence-corrected chi connectivity index (χ2v) is 11.2. The maximum atomic E-state index is 13.1.